The molecule has 1 saturated heterocycles. The smallest absolute Gasteiger partial charge is 0.225 e. The lowest BCUT2D eigenvalue weighted by atomic mass is 9.96. The van der Waals surface area contributed by atoms with Crippen LogP contribution in [0.15, 0.2) is 4.99 Å². The van der Waals surface area contributed by atoms with Gasteiger partial charge >= 0.3 is 0 Å². The molecule has 1 unspecified atom stereocenters. The van der Waals surface area contributed by atoms with Crippen molar-refractivity contribution in [3.8, 4) is 0 Å². The highest BCUT2D eigenvalue weighted by molar-refractivity contribution is 5.76. The highest BCUT2D eigenvalue weighted by Crippen LogP contribution is 2.18. The van der Waals surface area contributed by atoms with Gasteiger partial charge < -0.3 is 15.7 Å². The first-order chi connectivity index (χ1) is 7.63. The molecule has 0 bridgehead atoms. The van der Waals surface area contributed by atoms with Gasteiger partial charge in [-0.25, -0.2) is 0 Å². The third-order valence-corrected chi connectivity index (χ3v) is 2.91. The second-order valence-corrected chi connectivity index (χ2v) is 4.39. The Morgan fingerprint density at radius 3 is 2.75 bits per heavy atom. The Hall–Kier alpha value is -1.10. The van der Waals surface area contributed by atoms with Crippen molar-refractivity contribution in [1.82, 2.24) is 4.90 Å². The molecule has 0 aromatic heterocycles. The molecule has 5 heteroatoms. The molecule has 92 valence electrons. The molecule has 1 heterocycles. The minimum absolute atomic E-state index is 0.0516. The van der Waals surface area contributed by atoms with Crippen molar-refractivity contribution in [2.75, 3.05) is 19.6 Å². The monoisotopic (exact) mass is 227 g/mol. The van der Waals surface area contributed by atoms with E-state index in [1.165, 1.54) is 6.34 Å². The zero-order valence-corrected chi connectivity index (χ0v) is 9.80. The van der Waals surface area contributed by atoms with Crippen LogP contribution in [-0.2, 0) is 4.79 Å². The zero-order valence-electron chi connectivity index (χ0n) is 9.80. The van der Waals surface area contributed by atoms with Crippen LogP contribution in [0.5, 0.6) is 0 Å². The number of aliphatic hydroxyl groups is 1. The van der Waals surface area contributed by atoms with Gasteiger partial charge in [0, 0.05) is 19.6 Å². The number of carbonyl (C=O) groups is 1. The van der Waals surface area contributed by atoms with Gasteiger partial charge in [0.15, 0.2) is 0 Å². The number of likely N-dealkylation sites (tertiary alicyclic amines) is 1. The molecule has 1 atom stereocenters. The number of carbonyl (C=O) groups excluding carboxylic acids is 1. The lowest BCUT2D eigenvalue weighted by molar-refractivity contribution is -0.134. The second-order valence-electron chi connectivity index (χ2n) is 4.39. The maximum absolute atomic E-state index is 11.6. The van der Waals surface area contributed by atoms with Gasteiger partial charge in [0.1, 0.15) is 0 Å². The molecule has 1 rings (SSSR count). The summed E-state index contributed by atoms with van der Waals surface area (Å²) < 4.78 is 0. The van der Waals surface area contributed by atoms with Gasteiger partial charge in [-0.05, 0) is 25.7 Å². The summed E-state index contributed by atoms with van der Waals surface area (Å²) in [6, 6.07) is 0. The molecular formula is C11H21N3O2. The van der Waals surface area contributed by atoms with E-state index in [0.29, 0.717) is 5.92 Å². The first kappa shape index (κ1) is 13.0. The number of hydrogen-bond donors (Lipinski definition) is 2. The van der Waals surface area contributed by atoms with Gasteiger partial charge in [0.25, 0.3) is 0 Å². The summed E-state index contributed by atoms with van der Waals surface area (Å²) in [4.78, 5) is 17.5. The minimum Gasteiger partial charge on any atom is -0.393 e. The van der Waals surface area contributed by atoms with Crippen molar-refractivity contribution in [2.24, 2.45) is 16.6 Å². The van der Waals surface area contributed by atoms with Crippen LogP contribution < -0.4 is 5.73 Å². The Labute approximate surface area is 96.3 Å². The molecule has 16 heavy (non-hydrogen) atoms. The predicted molar refractivity (Wildman–Crippen MR) is 63.1 cm³/mol. The molecule has 0 aromatic carbocycles. The summed E-state index contributed by atoms with van der Waals surface area (Å²) in [5, 5.41) is 9.14. The van der Waals surface area contributed by atoms with E-state index < -0.39 is 6.10 Å². The maximum atomic E-state index is 11.6. The average molecular weight is 227 g/mol. The van der Waals surface area contributed by atoms with E-state index in [1.54, 1.807) is 6.92 Å². The van der Waals surface area contributed by atoms with Gasteiger partial charge in [-0.2, -0.15) is 0 Å². The van der Waals surface area contributed by atoms with Crippen LogP contribution in [0.1, 0.15) is 26.2 Å². The fourth-order valence-electron chi connectivity index (χ4n) is 1.96. The molecule has 5 nitrogen and oxygen atoms in total. The van der Waals surface area contributed by atoms with Crippen molar-refractivity contribution in [3.05, 3.63) is 0 Å². The second kappa shape index (κ2) is 6.48. The van der Waals surface area contributed by atoms with Crippen LogP contribution in [0.25, 0.3) is 0 Å². The van der Waals surface area contributed by atoms with Crippen LogP contribution in [0.4, 0.5) is 0 Å². The fraction of sp³-hybridized carbons (Fsp3) is 0.818. The molecule has 1 aliphatic rings. The summed E-state index contributed by atoms with van der Waals surface area (Å²) >= 11 is 0. The highest BCUT2D eigenvalue weighted by Gasteiger charge is 2.22. The number of aliphatic imine (C=N–C) groups is 1. The van der Waals surface area contributed by atoms with Gasteiger partial charge in [0.05, 0.1) is 18.9 Å². The highest BCUT2D eigenvalue weighted by atomic mass is 16.3. The molecule has 0 spiro atoms. The van der Waals surface area contributed by atoms with Crippen molar-refractivity contribution in [2.45, 2.75) is 32.3 Å². The van der Waals surface area contributed by atoms with Gasteiger partial charge in [0.2, 0.25) is 5.91 Å². The van der Waals surface area contributed by atoms with E-state index in [-0.39, 0.29) is 12.3 Å². The van der Waals surface area contributed by atoms with E-state index in [1.807, 2.05) is 4.90 Å². The first-order valence-corrected chi connectivity index (χ1v) is 5.79. The van der Waals surface area contributed by atoms with Gasteiger partial charge in [-0.1, -0.05) is 0 Å². The third kappa shape index (κ3) is 4.18. The van der Waals surface area contributed by atoms with E-state index in [4.69, 9.17) is 10.8 Å². The van der Waals surface area contributed by atoms with Gasteiger partial charge in [-0.3, -0.25) is 9.79 Å². The van der Waals surface area contributed by atoms with Crippen molar-refractivity contribution >= 4 is 12.2 Å². The van der Waals surface area contributed by atoms with Crippen LogP contribution in [0.2, 0.25) is 0 Å². The third-order valence-electron chi connectivity index (χ3n) is 2.91. The summed E-state index contributed by atoms with van der Waals surface area (Å²) in [5.41, 5.74) is 5.19. The van der Waals surface area contributed by atoms with Gasteiger partial charge in [-0.15, -0.1) is 0 Å². The fourth-order valence-corrected chi connectivity index (χ4v) is 1.96. The summed E-state index contributed by atoms with van der Waals surface area (Å²) in [7, 11) is 0. The average Bonchev–Trinajstić information content (AvgIpc) is 2.26. The normalized spacial score (nSPS) is 20.2. The van der Waals surface area contributed by atoms with Crippen LogP contribution in [0, 0.1) is 5.92 Å². The molecule has 3 N–H and O–H groups in total. The quantitative estimate of drug-likeness (QED) is 0.523. The summed E-state index contributed by atoms with van der Waals surface area (Å²) in [5.74, 6) is 0.589. The molecule has 1 aliphatic heterocycles. The Bertz CT molecular complexity index is 246. The Morgan fingerprint density at radius 1 is 1.62 bits per heavy atom. The Kier molecular flexibility index (Phi) is 5.25. The van der Waals surface area contributed by atoms with Crippen molar-refractivity contribution in [3.63, 3.8) is 0 Å². The number of nitrogens with zero attached hydrogens (tertiary/aromatic N) is 2. The number of amides is 1. The zero-order chi connectivity index (χ0) is 12.0. The van der Waals surface area contributed by atoms with E-state index >= 15 is 0 Å². The van der Waals surface area contributed by atoms with Crippen LogP contribution in [0.3, 0.4) is 0 Å². The largest absolute Gasteiger partial charge is 0.393 e. The topological polar surface area (TPSA) is 78.9 Å². The minimum atomic E-state index is -0.549. The molecule has 0 aromatic rings. The Morgan fingerprint density at radius 2 is 2.25 bits per heavy atom. The van der Waals surface area contributed by atoms with E-state index in [9.17, 15) is 4.79 Å². The molecule has 0 saturated carbocycles. The molecular weight excluding hydrogens is 206 g/mol. The van der Waals surface area contributed by atoms with Crippen molar-refractivity contribution in [1.29, 1.82) is 0 Å². The number of nitrogens with two attached hydrogens (primary N) is 1. The molecule has 1 fully saturated rings. The van der Waals surface area contributed by atoms with E-state index in [2.05, 4.69) is 4.99 Å². The number of piperidine rings is 1. The predicted octanol–water partition coefficient (Wildman–Crippen LogP) is -0.0171. The van der Waals surface area contributed by atoms with E-state index in [0.717, 1.165) is 32.5 Å². The van der Waals surface area contributed by atoms with Crippen molar-refractivity contribution < 1.29 is 9.90 Å². The SMILES string of the molecule is CC(O)CC(=O)N1CCC(CN=CN)CC1. The summed E-state index contributed by atoms with van der Waals surface area (Å²) in [6.07, 6.45) is 2.97. The molecule has 0 aliphatic carbocycles. The number of rotatable bonds is 4. The molecule has 1 amide bonds. The standard InChI is InChI=1S/C11H21N3O2/c1-9(15)6-11(16)14-4-2-10(3-5-14)7-13-8-12/h8-10,15H,2-7H2,1H3,(H2,12,13). The lowest BCUT2D eigenvalue weighted by Gasteiger charge is -2.31. The van der Waals surface area contributed by atoms with Crippen LogP contribution in [-0.4, -0.2) is 48.0 Å². The molecule has 0 radical (unpaired) electrons. The number of hydrogen-bond acceptors (Lipinski definition) is 3. The maximum Gasteiger partial charge on any atom is 0.225 e. The number of aliphatic hydroxyl groups excluding tert-OH is 1. The Balaban J connectivity index is 2.28. The first-order valence-electron chi connectivity index (χ1n) is 5.79. The van der Waals surface area contributed by atoms with Crippen LogP contribution >= 0.6 is 0 Å². The summed E-state index contributed by atoms with van der Waals surface area (Å²) in [6.45, 7) is 3.95. The lowest BCUT2D eigenvalue weighted by Crippen LogP contribution is -2.40.